The number of benzene rings is 1. The smallest absolute Gasteiger partial charge is 0.223 e. The number of carbonyl (C=O) groups excluding carboxylic acids is 1. The van der Waals surface area contributed by atoms with E-state index in [1.165, 1.54) is 21.4 Å². The Morgan fingerprint density at radius 1 is 1.17 bits per heavy atom. The predicted octanol–water partition coefficient (Wildman–Crippen LogP) is 4.90. The fourth-order valence-electron chi connectivity index (χ4n) is 6.65. The molecule has 7 nitrogen and oxygen atoms in total. The van der Waals surface area contributed by atoms with Crippen LogP contribution in [0.3, 0.4) is 0 Å². The van der Waals surface area contributed by atoms with Gasteiger partial charge in [-0.25, -0.2) is 5.53 Å². The van der Waals surface area contributed by atoms with E-state index in [2.05, 4.69) is 87.2 Å². The number of carbonyl (C=O) groups is 1. The first-order chi connectivity index (χ1) is 17.0. The van der Waals surface area contributed by atoms with Crippen LogP contribution in [0.1, 0.15) is 57.9 Å². The molecule has 3 atom stereocenters. The minimum absolute atomic E-state index is 0.283. The Balaban J connectivity index is 1.27. The number of hydrazine groups is 2. The summed E-state index contributed by atoms with van der Waals surface area (Å²) in [6.07, 6.45) is 8.21. The van der Waals surface area contributed by atoms with E-state index in [0.29, 0.717) is 24.3 Å². The number of aromatic nitrogens is 1. The summed E-state index contributed by atoms with van der Waals surface area (Å²) in [7, 11) is 0. The summed E-state index contributed by atoms with van der Waals surface area (Å²) in [5.74, 6) is 2.12. The number of nitrogens with one attached hydrogen (secondary N) is 4. The molecule has 2 fully saturated rings. The number of hydrazone groups is 1. The van der Waals surface area contributed by atoms with Crippen molar-refractivity contribution >= 4 is 34.0 Å². The molecule has 1 saturated carbocycles. The monoisotopic (exact) mass is 490 g/mol. The summed E-state index contributed by atoms with van der Waals surface area (Å²) >= 11 is 1.76. The van der Waals surface area contributed by atoms with Gasteiger partial charge in [0.1, 0.15) is 5.84 Å². The average molecular weight is 491 g/mol. The van der Waals surface area contributed by atoms with Gasteiger partial charge in [-0.1, -0.05) is 38.5 Å². The molecule has 0 bridgehead atoms. The average Bonchev–Trinajstić information content (AvgIpc) is 3.64. The molecule has 4 heterocycles. The molecule has 6 rings (SSSR count). The van der Waals surface area contributed by atoms with Crippen molar-refractivity contribution in [2.75, 3.05) is 6.54 Å². The number of hydrogen-bond acceptors (Lipinski definition) is 6. The summed E-state index contributed by atoms with van der Waals surface area (Å²) in [5.41, 5.74) is 12.2. The molecule has 3 aliphatic rings. The number of rotatable bonds is 5. The van der Waals surface area contributed by atoms with Crippen LogP contribution in [0.15, 0.2) is 47.0 Å². The highest BCUT2D eigenvalue weighted by atomic mass is 32.1. The Hall–Kier alpha value is -2.84. The van der Waals surface area contributed by atoms with Crippen LogP contribution >= 0.6 is 11.3 Å². The second-order valence-corrected chi connectivity index (χ2v) is 11.8. The second kappa shape index (κ2) is 8.99. The number of thiophene rings is 1. The molecule has 4 N–H and O–H groups in total. The quantitative estimate of drug-likeness (QED) is 0.410. The van der Waals surface area contributed by atoms with E-state index in [1.54, 1.807) is 11.3 Å². The van der Waals surface area contributed by atoms with Crippen LogP contribution in [-0.4, -0.2) is 34.2 Å². The first-order valence-corrected chi connectivity index (χ1v) is 13.7. The van der Waals surface area contributed by atoms with Gasteiger partial charge in [0.15, 0.2) is 0 Å². The number of aromatic amines is 1. The topological polar surface area (TPSA) is 84.6 Å². The van der Waals surface area contributed by atoms with Gasteiger partial charge in [0.05, 0.1) is 0 Å². The van der Waals surface area contributed by atoms with Crippen molar-refractivity contribution in [1.29, 1.82) is 0 Å². The maximum absolute atomic E-state index is 13.9. The molecule has 1 amide bonds. The Morgan fingerprint density at radius 2 is 2.09 bits per heavy atom. The van der Waals surface area contributed by atoms with Gasteiger partial charge >= 0.3 is 0 Å². The molecule has 0 radical (unpaired) electrons. The molecule has 1 saturated heterocycles. The van der Waals surface area contributed by atoms with Gasteiger partial charge in [-0.2, -0.15) is 0 Å². The lowest BCUT2D eigenvalue weighted by Gasteiger charge is -2.48. The maximum atomic E-state index is 13.9. The highest BCUT2D eigenvalue weighted by Gasteiger charge is 2.44. The molecular formula is C27H34N6OS. The summed E-state index contributed by atoms with van der Waals surface area (Å²) in [5, 5.41) is 7.78. The van der Waals surface area contributed by atoms with E-state index >= 15 is 0 Å². The minimum atomic E-state index is -0.283. The first kappa shape index (κ1) is 22.6. The Labute approximate surface area is 210 Å². The van der Waals surface area contributed by atoms with Crippen LogP contribution in [0, 0.1) is 11.8 Å². The van der Waals surface area contributed by atoms with Gasteiger partial charge in [0.25, 0.3) is 0 Å². The molecule has 3 aromatic rings. The maximum Gasteiger partial charge on any atom is 0.223 e. The molecule has 3 unspecified atom stereocenters. The summed E-state index contributed by atoms with van der Waals surface area (Å²) in [6, 6.07) is 11.0. The summed E-state index contributed by atoms with van der Waals surface area (Å²) < 4.78 is 0. The van der Waals surface area contributed by atoms with Crippen molar-refractivity contribution in [1.82, 2.24) is 26.4 Å². The second-order valence-electron chi connectivity index (χ2n) is 10.8. The van der Waals surface area contributed by atoms with Gasteiger partial charge in [-0.3, -0.25) is 10.2 Å². The molecule has 2 aliphatic heterocycles. The van der Waals surface area contributed by atoms with E-state index in [0.717, 1.165) is 50.0 Å². The van der Waals surface area contributed by atoms with Crippen LogP contribution in [0.2, 0.25) is 0 Å². The van der Waals surface area contributed by atoms with E-state index in [-0.39, 0.29) is 11.3 Å². The lowest BCUT2D eigenvalue weighted by atomic mass is 9.70. The van der Waals surface area contributed by atoms with Gasteiger partial charge < -0.3 is 9.88 Å². The SMILES string of the molecule is CC(C)(CC(=O)N1CCCC2C(C3=NNNN3)CCCC21)c1c[nH]c2cccc(-c3cccs3)c12. The van der Waals surface area contributed by atoms with Crippen molar-refractivity contribution in [3.8, 4) is 10.4 Å². The minimum Gasteiger partial charge on any atom is -0.361 e. The molecule has 0 spiro atoms. The number of amidine groups is 1. The third-order valence-corrected chi connectivity index (χ3v) is 9.18. The lowest BCUT2D eigenvalue weighted by molar-refractivity contribution is -0.139. The van der Waals surface area contributed by atoms with Crippen LogP contribution < -0.4 is 16.5 Å². The fourth-order valence-corrected chi connectivity index (χ4v) is 7.41. The van der Waals surface area contributed by atoms with Crippen LogP contribution in [0.4, 0.5) is 0 Å². The van der Waals surface area contributed by atoms with Crippen molar-refractivity contribution in [2.24, 2.45) is 16.9 Å². The van der Waals surface area contributed by atoms with Crippen LogP contribution in [0.25, 0.3) is 21.3 Å². The molecule has 35 heavy (non-hydrogen) atoms. The van der Waals surface area contributed by atoms with Crippen LogP contribution in [-0.2, 0) is 10.2 Å². The van der Waals surface area contributed by atoms with Gasteiger partial charge in [-0.15, -0.1) is 22.0 Å². The standard InChI is InChI=1S/C27H34N6OS/c1-27(2,20-16-28-21-10-3-8-19(25(20)21)23-12-6-14-35-23)15-24(34)33-13-5-9-17-18(7-4-11-22(17)33)26-29-31-32-30-26/h3,6,8,10,12,14,16-18,22,28,31-32H,4-5,7,9,11,13,15H2,1-2H3,(H,29,30). The zero-order valence-corrected chi connectivity index (χ0v) is 21.3. The molecule has 8 heteroatoms. The molecule has 184 valence electrons. The number of hydrogen-bond donors (Lipinski definition) is 4. The zero-order valence-electron chi connectivity index (χ0n) is 20.4. The number of H-pyrrole nitrogens is 1. The van der Waals surface area contributed by atoms with Crippen LogP contribution in [0.5, 0.6) is 0 Å². The van der Waals surface area contributed by atoms with Crippen molar-refractivity contribution < 1.29 is 4.79 Å². The number of fused-ring (bicyclic) bond motifs is 2. The molecule has 2 aromatic heterocycles. The Morgan fingerprint density at radius 3 is 2.89 bits per heavy atom. The number of amides is 1. The van der Waals surface area contributed by atoms with E-state index in [9.17, 15) is 4.79 Å². The van der Waals surface area contributed by atoms with Crippen molar-refractivity contribution in [3.63, 3.8) is 0 Å². The van der Waals surface area contributed by atoms with E-state index < -0.39 is 0 Å². The normalized spacial score (nSPS) is 24.6. The highest BCUT2D eigenvalue weighted by Crippen LogP contribution is 2.43. The Kier molecular flexibility index (Phi) is 5.81. The number of piperidine rings is 1. The highest BCUT2D eigenvalue weighted by molar-refractivity contribution is 7.13. The first-order valence-electron chi connectivity index (χ1n) is 12.8. The zero-order chi connectivity index (χ0) is 24.0. The predicted molar refractivity (Wildman–Crippen MR) is 142 cm³/mol. The number of likely N-dealkylation sites (tertiary alicyclic amines) is 1. The molecule has 1 aliphatic carbocycles. The largest absolute Gasteiger partial charge is 0.361 e. The fraction of sp³-hybridized carbons (Fsp3) is 0.481. The summed E-state index contributed by atoms with van der Waals surface area (Å²) in [4.78, 5) is 20.8. The Bertz CT molecular complexity index is 1250. The van der Waals surface area contributed by atoms with E-state index in [1.807, 2.05) is 0 Å². The van der Waals surface area contributed by atoms with Crippen molar-refractivity contribution in [3.05, 3.63) is 47.5 Å². The molecular weight excluding hydrogens is 456 g/mol. The van der Waals surface area contributed by atoms with Gasteiger partial charge in [0, 0.05) is 57.9 Å². The van der Waals surface area contributed by atoms with Crippen molar-refractivity contribution in [2.45, 2.75) is 63.8 Å². The van der Waals surface area contributed by atoms with Gasteiger partial charge in [-0.05, 0) is 54.7 Å². The molecule has 1 aromatic carbocycles. The third kappa shape index (κ3) is 4.02. The lowest BCUT2D eigenvalue weighted by Crippen LogP contribution is -2.55. The number of nitrogens with zero attached hydrogens (tertiary/aromatic N) is 2. The van der Waals surface area contributed by atoms with E-state index in [4.69, 9.17) is 0 Å². The third-order valence-electron chi connectivity index (χ3n) is 8.27. The summed E-state index contributed by atoms with van der Waals surface area (Å²) in [6.45, 7) is 5.31. The van der Waals surface area contributed by atoms with Gasteiger partial charge in [0.2, 0.25) is 5.91 Å².